The number of aromatic amines is 1. The molecule has 0 aliphatic carbocycles. The molecule has 5 nitrogen and oxygen atoms in total. The van der Waals surface area contributed by atoms with E-state index in [1.165, 1.54) is 0 Å². The lowest BCUT2D eigenvalue weighted by molar-refractivity contribution is -0.115. The summed E-state index contributed by atoms with van der Waals surface area (Å²) < 4.78 is 0. The zero-order valence-corrected chi connectivity index (χ0v) is 11.8. The number of carbonyl (C=O) groups excluding carboxylic acids is 1. The molecule has 0 radical (unpaired) electrons. The van der Waals surface area contributed by atoms with Crippen molar-refractivity contribution in [3.63, 3.8) is 0 Å². The summed E-state index contributed by atoms with van der Waals surface area (Å²) in [5.74, 6) is 0.322. The molecule has 0 aliphatic rings. The Hall–Kier alpha value is -2.43. The van der Waals surface area contributed by atoms with E-state index in [0.717, 1.165) is 11.3 Å². The van der Waals surface area contributed by atoms with E-state index in [1.54, 1.807) is 13.8 Å². The van der Waals surface area contributed by atoms with Gasteiger partial charge in [-0.2, -0.15) is 0 Å². The first-order valence-corrected chi connectivity index (χ1v) is 6.38. The smallest absolute Gasteiger partial charge is 0.254 e. The summed E-state index contributed by atoms with van der Waals surface area (Å²) in [7, 11) is 0. The van der Waals surface area contributed by atoms with E-state index < -0.39 is 0 Å². The van der Waals surface area contributed by atoms with Gasteiger partial charge >= 0.3 is 0 Å². The molecule has 0 unspecified atom stereocenters. The average molecular weight is 271 g/mol. The van der Waals surface area contributed by atoms with E-state index in [1.807, 2.05) is 31.2 Å². The Bertz CT molecular complexity index is 687. The third kappa shape index (κ3) is 3.32. The normalized spacial score (nSPS) is 10.3. The second-order valence-corrected chi connectivity index (χ2v) is 4.81. The second-order valence-electron chi connectivity index (χ2n) is 4.81. The lowest BCUT2D eigenvalue weighted by Gasteiger charge is -2.07. The van der Waals surface area contributed by atoms with Crippen molar-refractivity contribution in [3.05, 3.63) is 57.3 Å². The van der Waals surface area contributed by atoms with E-state index in [0.29, 0.717) is 17.1 Å². The molecule has 20 heavy (non-hydrogen) atoms. The number of hydrogen-bond acceptors (Lipinski definition) is 3. The van der Waals surface area contributed by atoms with Gasteiger partial charge in [0.1, 0.15) is 5.82 Å². The second kappa shape index (κ2) is 5.69. The van der Waals surface area contributed by atoms with Crippen molar-refractivity contribution in [3.8, 4) is 0 Å². The molecule has 0 atom stereocenters. The number of benzene rings is 1. The molecule has 5 heteroatoms. The molecule has 2 N–H and O–H groups in total. The van der Waals surface area contributed by atoms with Crippen LogP contribution in [0.15, 0.2) is 29.1 Å². The summed E-state index contributed by atoms with van der Waals surface area (Å²) in [5, 5.41) is 2.77. The minimum absolute atomic E-state index is 0.0162. The number of nitrogens with one attached hydrogen (secondary N) is 2. The monoisotopic (exact) mass is 271 g/mol. The van der Waals surface area contributed by atoms with Gasteiger partial charge in [-0.25, -0.2) is 4.98 Å². The molecular formula is C15H17N3O2. The van der Waals surface area contributed by atoms with Gasteiger partial charge in [-0.3, -0.25) is 9.59 Å². The molecule has 0 aliphatic heterocycles. The van der Waals surface area contributed by atoms with Crippen LogP contribution in [0.5, 0.6) is 0 Å². The fourth-order valence-electron chi connectivity index (χ4n) is 1.96. The zero-order valence-electron chi connectivity index (χ0n) is 11.8. The Balaban J connectivity index is 2.12. The quantitative estimate of drug-likeness (QED) is 0.895. The molecule has 2 rings (SSSR count). The molecule has 0 fully saturated rings. The Morgan fingerprint density at radius 2 is 1.85 bits per heavy atom. The largest absolute Gasteiger partial charge is 0.326 e. The fourth-order valence-corrected chi connectivity index (χ4v) is 1.96. The Labute approximate surface area is 117 Å². The van der Waals surface area contributed by atoms with Gasteiger partial charge in [-0.15, -0.1) is 0 Å². The number of aryl methyl sites for hydroxylation is 3. The number of hydrogen-bond donors (Lipinski definition) is 2. The average Bonchev–Trinajstić information content (AvgIpc) is 2.36. The minimum atomic E-state index is -0.256. The van der Waals surface area contributed by atoms with Crippen molar-refractivity contribution < 1.29 is 4.79 Å². The van der Waals surface area contributed by atoms with Crippen LogP contribution in [0, 0.1) is 20.8 Å². The SMILES string of the molecule is Cc1ccc(NC(=O)Cc2c(C)nc(C)[nH]c2=O)cc1. The fraction of sp³-hybridized carbons (Fsp3) is 0.267. The first-order chi connectivity index (χ1) is 9.45. The number of nitrogens with zero attached hydrogens (tertiary/aromatic N) is 1. The van der Waals surface area contributed by atoms with Gasteiger partial charge in [0.2, 0.25) is 5.91 Å². The standard InChI is InChI=1S/C15H17N3O2/c1-9-4-6-12(7-5-9)18-14(19)8-13-10(2)16-11(3)17-15(13)20/h4-7H,8H2,1-3H3,(H,18,19)(H,16,17,20). The molecule has 0 spiro atoms. The van der Waals surface area contributed by atoms with Crippen molar-refractivity contribution in [1.29, 1.82) is 0 Å². The number of aromatic nitrogens is 2. The molecule has 1 amide bonds. The lowest BCUT2D eigenvalue weighted by Crippen LogP contribution is -2.24. The summed E-state index contributed by atoms with van der Waals surface area (Å²) in [6.07, 6.45) is 0.0162. The van der Waals surface area contributed by atoms with Crippen molar-refractivity contribution in [1.82, 2.24) is 9.97 Å². The van der Waals surface area contributed by atoms with Crippen molar-refractivity contribution in [2.45, 2.75) is 27.2 Å². The molecule has 1 heterocycles. The molecule has 2 aromatic rings. The molecule has 1 aromatic heterocycles. The van der Waals surface area contributed by atoms with Gasteiger partial charge < -0.3 is 10.3 Å². The van der Waals surface area contributed by atoms with Crippen molar-refractivity contribution in [2.24, 2.45) is 0 Å². The van der Waals surface area contributed by atoms with Crippen LogP contribution < -0.4 is 10.9 Å². The van der Waals surface area contributed by atoms with Gasteiger partial charge in [0.25, 0.3) is 5.56 Å². The van der Waals surface area contributed by atoms with Crippen LogP contribution in [0.2, 0.25) is 0 Å². The Morgan fingerprint density at radius 1 is 1.20 bits per heavy atom. The van der Waals surface area contributed by atoms with Crippen LogP contribution in [-0.4, -0.2) is 15.9 Å². The summed E-state index contributed by atoms with van der Waals surface area (Å²) in [5.41, 5.74) is 2.58. The van der Waals surface area contributed by atoms with Crippen LogP contribution in [0.3, 0.4) is 0 Å². The highest BCUT2D eigenvalue weighted by Gasteiger charge is 2.11. The van der Waals surface area contributed by atoms with E-state index in [9.17, 15) is 9.59 Å². The summed E-state index contributed by atoms with van der Waals surface area (Å²) >= 11 is 0. The summed E-state index contributed by atoms with van der Waals surface area (Å²) in [4.78, 5) is 30.6. The van der Waals surface area contributed by atoms with Gasteiger partial charge in [0.05, 0.1) is 6.42 Å². The maximum atomic E-state index is 12.0. The van der Waals surface area contributed by atoms with Crippen LogP contribution in [0.1, 0.15) is 22.6 Å². The van der Waals surface area contributed by atoms with Gasteiger partial charge in [0, 0.05) is 16.9 Å². The molecule has 0 saturated heterocycles. The minimum Gasteiger partial charge on any atom is -0.326 e. The Morgan fingerprint density at radius 3 is 2.45 bits per heavy atom. The van der Waals surface area contributed by atoms with Gasteiger partial charge in [-0.1, -0.05) is 17.7 Å². The van der Waals surface area contributed by atoms with E-state index in [-0.39, 0.29) is 17.9 Å². The van der Waals surface area contributed by atoms with Crippen LogP contribution in [0.4, 0.5) is 5.69 Å². The topological polar surface area (TPSA) is 74.8 Å². The Kier molecular flexibility index (Phi) is 3.98. The molecular weight excluding hydrogens is 254 g/mol. The molecule has 0 bridgehead atoms. The highest BCUT2D eigenvalue weighted by Crippen LogP contribution is 2.09. The predicted molar refractivity (Wildman–Crippen MR) is 77.8 cm³/mol. The van der Waals surface area contributed by atoms with Crippen LogP contribution in [-0.2, 0) is 11.2 Å². The molecule has 0 saturated carbocycles. The van der Waals surface area contributed by atoms with E-state index in [2.05, 4.69) is 15.3 Å². The maximum Gasteiger partial charge on any atom is 0.254 e. The van der Waals surface area contributed by atoms with E-state index in [4.69, 9.17) is 0 Å². The number of amides is 1. The number of H-pyrrole nitrogens is 1. The van der Waals surface area contributed by atoms with Crippen LogP contribution in [0.25, 0.3) is 0 Å². The number of carbonyl (C=O) groups is 1. The highest BCUT2D eigenvalue weighted by atomic mass is 16.2. The van der Waals surface area contributed by atoms with Crippen molar-refractivity contribution in [2.75, 3.05) is 5.32 Å². The highest BCUT2D eigenvalue weighted by molar-refractivity contribution is 5.92. The molecule has 104 valence electrons. The summed E-state index contributed by atoms with van der Waals surface area (Å²) in [6, 6.07) is 7.50. The predicted octanol–water partition coefficient (Wildman–Crippen LogP) is 1.88. The first kappa shape index (κ1) is 14.0. The van der Waals surface area contributed by atoms with Crippen molar-refractivity contribution >= 4 is 11.6 Å². The zero-order chi connectivity index (χ0) is 14.7. The summed E-state index contributed by atoms with van der Waals surface area (Å²) in [6.45, 7) is 5.42. The van der Waals surface area contributed by atoms with E-state index >= 15 is 0 Å². The number of anilines is 1. The van der Waals surface area contributed by atoms with Crippen LogP contribution >= 0.6 is 0 Å². The molecule has 1 aromatic carbocycles. The maximum absolute atomic E-state index is 12.0. The van der Waals surface area contributed by atoms with Gasteiger partial charge in [-0.05, 0) is 32.9 Å². The lowest BCUT2D eigenvalue weighted by atomic mass is 10.1. The third-order valence-corrected chi connectivity index (χ3v) is 3.01. The first-order valence-electron chi connectivity index (χ1n) is 6.38. The van der Waals surface area contributed by atoms with Gasteiger partial charge in [0.15, 0.2) is 0 Å². The number of rotatable bonds is 3. The third-order valence-electron chi connectivity index (χ3n) is 3.01.